The number of nitrogens with zero attached hydrogens (tertiary/aromatic N) is 3. The van der Waals surface area contributed by atoms with E-state index in [-0.39, 0.29) is 18.3 Å². The van der Waals surface area contributed by atoms with Gasteiger partial charge in [-0.05, 0) is 38.8 Å². The molecule has 126 valence electrons. The van der Waals surface area contributed by atoms with Crippen LogP contribution < -0.4 is 10.6 Å². The van der Waals surface area contributed by atoms with Crippen LogP contribution in [-0.2, 0) is 6.42 Å². The van der Waals surface area contributed by atoms with Gasteiger partial charge in [0, 0.05) is 17.6 Å². The number of anilines is 1. The Labute approximate surface area is 146 Å². The molecule has 1 amide bonds. The van der Waals surface area contributed by atoms with Gasteiger partial charge in [0.1, 0.15) is 0 Å². The standard InChI is InChI=1S/C15H21N5OS.ClH/c1-3-12-10(2)22-15(17-12)18-14(21)13-6-8-20(19-13)11-5-4-7-16-9-11;/h6,8,11,16H,3-5,7,9H2,1-2H3,(H,17,18,21);1H. The molecule has 0 radical (unpaired) electrons. The molecule has 23 heavy (non-hydrogen) atoms. The quantitative estimate of drug-likeness (QED) is 0.884. The summed E-state index contributed by atoms with van der Waals surface area (Å²) in [5.74, 6) is -0.195. The second-order valence-corrected chi connectivity index (χ2v) is 6.71. The normalized spacial score (nSPS) is 17.6. The monoisotopic (exact) mass is 355 g/mol. The predicted octanol–water partition coefficient (Wildman–Crippen LogP) is 2.81. The van der Waals surface area contributed by atoms with Crippen molar-refractivity contribution in [2.24, 2.45) is 0 Å². The second-order valence-electron chi connectivity index (χ2n) is 5.51. The predicted molar refractivity (Wildman–Crippen MR) is 94.8 cm³/mol. The summed E-state index contributed by atoms with van der Waals surface area (Å²) in [5, 5.41) is 11.3. The number of rotatable bonds is 4. The molecule has 0 aromatic carbocycles. The van der Waals surface area contributed by atoms with Crippen LogP contribution in [0.1, 0.15) is 46.9 Å². The van der Waals surface area contributed by atoms with Gasteiger partial charge in [-0.3, -0.25) is 14.8 Å². The maximum absolute atomic E-state index is 12.3. The minimum atomic E-state index is -0.195. The lowest BCUT2D eigenvalue weighted by atomic mass is 10.1. The Morgan fingerprint density at radius 1 is 1.57 bits per heavy atom. The average molecular weight is 356 g/mol. The van der Waals surface area contributed by atoms with Crippen LogP contribution in [0.25, 0.3) is 0 Å². The first-order valence-electron chi connectivity index (χ1n) is 7.71. The topological polar surface area (TPSA) is 71.8 Å². The lowest BCUT2D eigenvalue weighted by molar-refractivity contribution is 0.102. The smallest absolute Gasteiger partial charge is 0.277 e. The largest absolute Gasteiger partial charge is 0.315 e. The number of hydrogen-bond donors (Lipinski definition) is 2. The molecule has 6 nitrogen and oxygen atoms in total. The van der Waals surface area contributed by atoms with Gasteiger partial charge >= 0.3 is 0 Å². The van der Waals surface area contributed by atoms with Crippen LogP contribution in [0.5, 0.6) is 0 Å². The highest BCUT2D eigenvalue weighted by atomic mass is 35.5. The highest BCUT2D eigenvalue weighted by Crippen LogP contribution is 2.23. The minimum absolute atomic E-state index is 0. The van der Waals surface area contributed by atoms with E-state index in [1.165, 1.54) is 11.3 Å². The summed E-state index contributed by atoms with van der Waals surface area (Å²) in [6, 6.07) is 2.11. The molecule has 1 saturated heterocycles. The lowest BCUT2D eigenvalue weighted by Gasteiger charge is -2.22. The average Bonchev–Trinajstić information content (AvgIpc) is 3.15. The number of amides is 1. The summed E-state index contributed by atoms with van der Waals surface area (Å²) in [7, 11) is 0. The van der Waals surface area contributed by atoms with Crippen LogP contribution in [0.4, 0.5) is 5.13 Å². The van der Waals surface area contributed by atoms with Gasteiger partial charge in [-0.15, -0.1) is 23.7 Å². The molecule has 1 fully saturated rings. The molecule has 1 aliphatic heterocycles. The number of carbonyl (C=O) groups excluding carboxylic acids is 1. The third-order valence-electron chi connectivity index (χ3n) is 3.93. The first kappa shape index (κ1) is 17.9. The molecule has 2 aromatic heterocycles. The molecule has 3 rings (SSSR count). The first-order valence-corrected chi connectivity index (χ1v) is 8.52. The van der Waals surface area contributed by atoms with Crippen LogP contribution in [0.15, 0.2) is 12.3 Å². The Balaban J connectivity index is 0.00000192. The molecule has 2 aromatic rings. The van der Waals surface area contributed by atoms with E-state index in [0.29, 0.717) is 16.9 Å². The highest BCUT2D eigenvalue weighted by molar-refractivity contribution is 7.15. The van der Waals surface area contributed by atoms with E-state index in [1.807, 2.05) is 17.8 Å². The number of aryl methyl sites for hydroxylation is 2. The van der Waals surface area contributed by atoms with E-state index in [2.05, 4.69) is 27.6 Å². The van der Waals surface area contributed by atoms with Crippen molar-refractivity contribution in [3.63, 3.8) is 0 Å². The molecule has 0 bridgehead atoms. The minimum Gasteiger partial charge on any atom is -0.315 e. The SMILES string of the molecule is CCc1nc(NC(=O)c2ccn(C3CCCNC3)n2)sc1C.Cl. The van der Waals surface area contributed by atoms with Gasteiger partial charge in [0.05, 0.1) is 11.7 Å². The van der Waals surface area contributed by atoms with E-state index in [4.69, 9.17) is 0 Å². The number of halogens is 1. The Kier molecular flexibility index (Phi) is 6.15. The molecule has 0 aliphatic carbocycles. The molecular weight excluding hydrogens is 334 g/mol. The van der Waals surface area contributed by atoms with E-state index in [0.717, 1.165) is 42.9 Å². The molecule has 1 unspecified atom stereocenters. The van der Waals surface area contributed by atoms with Crippen LogP contribution in [0.3, 0.4) is 0 Å². The molecule has 3 heterocycles. The van der Waals surface area contributed by atoms with E-state index in [1.54, 1.807) is 6.07 Å². The third-order valence-corrected chi connectivity index (χ3v) is 4.86. The molecule has 0 spiro atoms. The zero-order valence-electron chi connectivity index (χ0n) is 13.3. The van der Waals surface area contributed by atoms with Crippen LogP contribution in [-0.4, -0.2) is 33.8 Å². The molecule has 8 heteroatoms. The van der Waals surface area contributed by atoms with Gasteiger partial charge < -0.3 is 5.32 Å². The number of aromatic nitrogens is 3. The third kappa shape index (κ3) is 4.10. The number of hydrogen-bond acceptors (Lipinski definition) is 5. The van der Waals surface area contributed by atoms with Gasteiger partial charge in [-0.1, -0.05) is 6.92 Å². The van der Waals surface area contributed by atoms with Crippen LogP contribution in [0, 0.1) is 6.92 Å². The number of carbonyl (C=O) groups is 1. The Morgan fingerprint density at radius 3 is 3.04 bits per heavy atom. The number of thiazole rings is 1. The number of nitrogens with one attached hydrogen (secondary N) is 2. The summed E-state index contributed by atoms with van der Waals surface area (Å²) >= 11 is 1.51. The summed E-state index contributed by atoms with van der Waals surface area (Å²) in [6.45, 7) is 6.06. The fourth-order valence-corrected chi connectivity index (χ4v) is 3.59. The molecule has 1 atom stereocenters. The van der Waals surface area contributed by atoms with Crippen molar-refractivity contribution in [2.45, 2.75) is 39.2 Å². The zero-order chi connectivity index (χ0) is 15.5. The fraction of sp³-hybridized carbons (Fsp3) is 0.533. The summed E-state index contributed by atoms with van der Waals surface area (Å²) in [6.07, 6.45) is 5.00. The van der Waals surface area contributed by atoms with E-state index < -0.39 is 0 Å². The van der Waals surface area contributed by atoms with Crippen molar-refractivity contribution in [3.05, 3.63) is 28.5 Å². The van der Waals surface area contributed by atoms with Gasteiger partial charge in [-0.25, -0.2) is 4.98 Å². The zero-order valence-corrected chi connectivity index (χ0v) is 15.0. The Bertz CT molecular complexity index is 663. The van der Waals surface area contributed by atoms with Crippen molar-refractivity contribution >= 4 is 34.8 Å². The van der Waals surface area contributed by atoms with Gasteiger partial charge in [-0.2, -0.15) is 5.10 Å². The second kappa shape index (κ2) is 7.90. The van der Waals surface area contributed by atoms with E-state index >= 15 is 0 Å². The van der Waals surface area contributed by atoms with Gasteiger partial charge in [0.15, 0.2) is 10.8 Å². The maximum atomic E-state index is 12.3. The number of piperidine rings is 1. The molecular formula is C15H22ClN5OS. The van der Waals surface area contributed by atoms with Gasteiger partial charge in [0.25, 0.3) is 5.91 Å². The molecule has 1 aliphatic rings. The molecule has 2 N–H and O–H groups in total. The van der Waals surface area contributed by atoms with E-state index in [9.17, 15) is 4.79 Å². The summed E-state index contributed by atoms with van der Waals surface area (Å²) in [4.78, 5) is 17.9. The highest BCUT2D eigenvalue weighted by Gasteiger charge is 2.18. The molecule has 0 saturated carbocycles. The van der Waals surface area contributed by atoms with Gasteiger partial charge in [0.2, 0.25) is 0 Å². The lowest BCUT2D eigenvalue weighted by Crippen LogP contribution is -2.32. The van der Waals surface area contributed by atoms with Crippen molar-refractivity contribution < 1.29 is 4.79 Å². The fourth-order valence-electron chi connectivity index (χ4n) is 2.69. The van der Waals surface area contributed by atoms with Crippen molar-refractivity contribution in [1.29, 1.82) is 0 Å². The van der Waals surface area contributed by atoms with Crippen LogP contribution in [0.2, 0.25) is 0 Å². The van der Waals surface area contributed by atoms with Crippen molar-refractivity contribution in [2.75, 3.05) is 18.4 Å². The Morgan fingerprint density at radius 2 is 2.39 bits per heavy atom. The van der Waals surface area contributed by atoms with Crippen LogP contribution >= 0.6 is 23.7 Å². The summed E-state index contributed by atoms with van der Waals surface area (Å²) in [5.41, 5.74) is 1.48. The first-order chi connectivity index (χ1) is 10.7. The Hall–Kier alpha value is -1.44. The maximum Gasteiger partial charge on any atom is 0.277 e. The van der Waals surface area contributed by atoms with Crippen molar-refractivity contribution in [1.82, 2.24) is 20.1 Å². The van der Waals surface area contributed by atoms with Crippen molar-refractivity contribution in [3.8, 4) is 0 Å². The summed E-state index contributed by atoms with van der Waals surface area (Å²) < 4.78 is 1.89.